The van der Waals surface area contributed by atoms with E-state index in [4.69, 9.17) is 9.47 Å². The smallest absolute Gasteiger partial charge is 0.310 e. The van der Waals surface area contributed by atoms with Crippen LogP contribution in [0.25, 0.3) is 0 Å². The van der Waals surface area contributed by atoms with E-state index >= 15 is 0 Å². The van der Waals surface area contributed by atoms with E-state index in [1.54, 1.807) is 6.20 Å². The van der Waals surface area contributed by atoms with Crippen molar-refractivity contribution in [1.29, 1.82) is 0 Å². The summed E-state index contributed by atoms with van der Waals surface area (Å²) in [4.78, 5) is 36.7. The number of nitrogens with zero attached hydrogens (tertiary/aromatic N) is 2. The van der Waals surface area contributed by atoms with Crippen LogP contribution in [-0.2, 0) is 25.6 Å². The summed E-state index contributed by atoms with van der Waals surface area (Å²) in [5.41, 5.74) is 0.334. The molecule has 10 heteroatoms. The fourth-order valence-corrected chi connectivity index (χ4v) is 3.73. The van der Waals surface area contributed by atoms with Gasteiger partial charge in [-0.3, -0.25) is 19.1 Å². The van der Waals surface area contributed by atoms with E-state index in [-0.39, 0.29) is 11.4 Å². The average molecular weight is 380 g/mol. The van der Waals surface area contributed by atoms with E-state index in [1.807, 2.05) is 6.92 Å². The number of amides is 2. The van der Waals surface area contributed by atoms with Crippen LogP contribution >= 0.6 is 0 Å². The summed E-state index contributed by atoms with van der Waals surface area (Å²) in [6, 6.07) is 0. The first kappa shape index (κ1) is 19.3. The van der Waals surface area contributed by atoms with Crippen molar-refractivity contribution in [1.82, 2.24) is 15.1 Å². The van der Waals surface area contributed by atoms with E-state index in [0.717, 1.165) is 0 Å². The van der Waals surface area contributed by atoms with Crippen molar-refractivity contribution < 1.29 is 29.0 Å². The Morgan fingerprint density at radius 2 is 2.04 bits per heavy atom. The molecular formula is C17H24N4O6. The molecule has 148 valence electrons. The van der Waals surface area contributed by atoms with Crippen LogP contribution in [0, 0.1) is 11.8 Å². The second-order valence-electron chi connectivity index (χ2n) is 6.67. The van der Waals surface area contributed by atoms with Gasteiger partial charge in [-0.1, -0.05) is 0 Å². The summed E-state index contributed by atoms with van der Waals surface area (Å²) < 4.78 is 12.1. The van der Waals surface area contributed by atoms with Gasteiger partial charge >= 0.3 is 5.97 Å². The maximum absolute atomic E-state index is 12.8. The van der Waals surface area contributed by atoms with Crippen LogP contribution in [0.4, 0.5) is 5.69 Å². The number of carbonyl (C=O) groups is 3. The number of methoxy groups -OCH3 is 1. The zero-order chi connectivity index (χ0) is 19.6. The number of hydrogen-bond acceptors (Lipinski definition) is 6. The van der Waals surface area contributed by atoms with Gasteiger partial charge in [0.2, 0.25) is 5.91 Å². The van der Waals surface area contributed by atoms with Gasteiger partial charge in [0, 0.05) is 26.4 Å². The molecule has 1 aromatic heterocycles. The number of ether oxygens (including phenoxy) is 2. The van der Waals surface area contributed by atoms with Crippen molar-refractivity contribution in [2.75, 3.05) is 25.6 Å². The lowest BCUT2D eigenvalue weighted by Crippen LogP contribution is -2.41. The van der Waals surface area contributed by atoms with Gasteiger partial charge in [0.25, 0.3) is 5.91 Å². The fraction of sp³-hybridized carbons (Fsp3) is 0.647. The number of carboxylic acid groups (broad SMARTS) is 1. The van der Waals surface area contributed by atoms with Gasteiger partial charge in [-0.25, -0.2) is 0 Å². The number of aryl methyl sites for hydroxylation is 1. The van der Waals surface area contributed by atoms with E-state index in [2.05, 4.69) is 15.7 Å². The van der Waals surface area contributed by atoms with Gasteiger partial charge < -0.3 is 25.2 Å². The quantitative estimate of drug-likeness (QED) is 0.545. The highest BCUT2D eigenvalue weighted by Gasteiger charge is 2.55. The topological polar surface area (TPSA) is 132 Å². The van der Waals surface area contributed by atoms with Crippen molar-refractivity contribution >= 4 is 23.5 Å². The third-order valence-corrected chi connectivity index (χ3v) is 5.01. The van der Waals surface area contributed by atoms with E-state index in [9.17, 15) is 19.5 Å². The summed E-state index contributed by atoms with van der Waals surface area (Å²) in [5, 5.41) is 19.0. The number of aliphatic carboxylic acids is 1. The molecule has 2 aliphatic rings. The zero-order valence-corrected chi connectivity index (χ0v) is 15.3. The minimum Gasteiger partial charge on any atom is -0.481 e. The standard InChI is InChI=1S/C17H24N4O6/c1-3-21-8-9(14(20-21)16(23)18-6-7-26-2)19-15(22)12-10-4-5-11(27-10)13(12)17(24)25/h8,10-13H,3-7H2,1-2H3,(H,18,23)(H,19,22)(H,24,25)/t10-,11-,12+,13-/m0/s1. The number of carbonyl (C=O) groups excluding carboxylic acids is 2. The molecular weight excluding hydrogens is 356 g/mol. The van der Waals surface area contributed by atoms with Gasteiger partial charge in [0.15, 0.2) is 5.69 Å². The van der Waals surface area contributed by atoms with Gasteiger partial charge in [-0.15, -0.1) is 0 Å². The van der Waals surface area contributed by atoms with Crippen LogP contribution in [-0.4, -0.2) is 65.1 Å². The largest absolute Gasteiger partial charge is 0.481 e. The third-order valence-electron chi connectivity index (χ3n) is 5.01. The number of fused-ring (bicyclic) bond motifs is 2. The molecule has 0 spiro atoms. The molecule has 1 aromatic rings. The average Bonchev–Trinajstić information content (AvgIpc) is 3.35. The highest BCUT2D eigenvalue weighted by atomic mass is 16.5. The van der Waals surface area contributed by atoms with Gasteiger partial charge in [-0.05, 0) is 19.8 Å². The number of rotatable bonds is 8. The first-order valence-corrected chi connectivity index (χ1v) is 9.00. The Balaban J connectivity index is 1.76. The van der Waals surface area contributed by atoms with Gasteiger partial charge in [-0.2, -0.15) is 5.10 Å². The Morgan fingerprint density at radius 1 is 1.33 bits per heavy atom. The fourth-order valence-electron chi connectivity index (χ4n) is 3.73. The van der Waals surface area contributed by atoms with Crippen LogP contribution < -0.4 is 10.6 Å². The number of hydrogen-bond donors (Lipinski definition) is 3. The molecule has 2 aliphatic heterocycles. The minimum absolute atomic E-state index is 0.0808. The molecule has 0 saturated carbocycles. The normalized spacial score (nSPS) is 26.1. The van der Waals surface area contributed by atoms with Crippen molar-refractivity contribution in [2.45, 2.75) is 38.5 Å². The lowest BCUT2D eigenvalue weighted by Gasteiger charge is -2.23. The van der Waals surface area contributed by atoms with Crippen LogP contribution in [0.3, 0.4) is 0 Å². The van der Waals surface area contributed by atoms with E-state index < -0.39 is 41.8 Å². The molecule has 3 rings (SSSR count). The molecule has 3 heterocycles. The number of carboxylic acids is 1. The van der Waals surface area contributed by atoms with E-state index in [0.29, 0.717) is 32.5 Å². The Bertz CT molecular complexity index is 733. The lowest BCUT2D eigenvalue weighted by molar-refractivity contribution is -0.147. The Labute approximate surface area is 156 Å². The molecule has 0 aromatic carbocycles. The minimum atomic E-state index is -1.04. The third kappa shape index (κ3) is 3.81. The molecule has 2 fully saturated rings. The summed E-state index contributed by atoms with van der Waals surface area (Å²) in [7, 11) is 1.53. The second-order valence-corrected chi connectivity index (χ2v) is 6.67. The maximum Gasteiger partial charge on any atom is 0.310 e. The summed E-state index contributed by atoms with van der Waals surface area (Å²) in [6.45, 7) is 3.03. The molecule has 2 amide bonds. The molecule has 3 N–H and O–H groups in total. The number of nitrogens with one attached hydrogen (secondary N) is 2. The zero-order valence-electron chi connectivity index (χ0n) is 15.3. The Hall–Kier alpha value is -2.46. The molecule has 2 saturated heterocycles. The van der Waals surface area contributed by atoms with Crippen molar-refractivity contribution in [3.05, 3.63) is 11.9 Å². The van der Waals surface area contributed by atoms with Crippen LogP contribution in [0.15, 0.2) is 6.20 Å². The molecule has 0 radical (unpaired) electrons. The molecule has 0 unspecified atom stereocenters. The van der Waals surface area contributed by atoms with Crippen LogP contribution in [0.2, 0.25) is 0 Å². The Morgan fingerprint density at radius 3 is 2.67 bits per heavy atom. The van der Waals surface area contributed by atoms with Crippen LogP contribution in [0.1, 0.15) is 30.3 Å². The first-order valence-electron chi connectivity index (χ1n) is 9.00. The van der Waals surface area contributed by atoms with Gasteiger partial charge in [0.1, 0.15) is 0 Å². The first-order chi connectivity index (χ1) is 13.0. The van der Waals surface area contributed by atoms with Crippen molar-refractivity contribution in [2.24, 2.45) is 11.8 Å². The van der Waals surface area contributed by atoms with Gasteiger partial charge in [0.05, 0.1) is 36.3 Å². The molecule has 10 nitrogen and oxygen atoms in total. The predicted octanol–water partition coefficient (Wildman–Crippen LogP) is 0.0959. The molecule has 0 aliphatic carbocycles. The monoisotopic (exact) mass is 380 g/mol. The summed E-state index contributed by atoms with van der Waals surface area (Å²) in [6.07, 6.45) is 2.03. The highest BCUT2D eigenvalue weighted by Crippen LogP contribution is 2.44. The predicted molar refractivity (Wildman–Crippen MR) is 93.3 cm³/mol. The second kappa shape index (κ2) is 8.05. The number of anilines is 1. The van der Waals surface area contributed by atoms with Crippen LogP contribution in [0.5, 0.6) is 0 Å². The molecule has 27 heavy (non-hydrogen) atoms. The summed E-state index contributed by atoms with van der Waals surface area (Å²) >= 11 is 0. The maximum atomic E-state index is 12.8. The van der Waals surface area contributed by atoms with Crippen molar-refractivity contribution in [3.8, 4) is 0 Å². The molecule has 4 atom stereocenters. The summed E-state index contributed by atoms with van der Waals surface area (Å²) in [5.74, 6) is -3.59. The molecule has 2 bridgehead atoms. The lowest BCUT2D eigenvalue weighted by atomic mass is 9.78. The Kier molecular flexibility index (Phi) is 5.76. The SMILES string of the molecule is CCn1cc(NC(=O)[C@H]2[C@@H](C(=O)O)[C@@H]3CC[C@@H]2O3)c(C(=O)NCCOC)n1. The number of aromatic nitrogens is 2. The van der Waals surface area contributed by atoms with E-state index in [1.165, 1.54) is 11.8 Å². The highest BCUT2D eigenvalue weighted by molar-refractivity contribution is 6.03. The van der Waals surface area contributed by atoms with Crippen molar-refractivity contribution in [3.63, 3.8) is 0 Å².